The highest BCUT2D eigenvalue weighted by molar-refractivity contribution is 5.94. The topological polar surface area (TPSA) is 105 Å². The summed E-state index contributed by atoms with van der Waals surface area (Å²) in [4.78, 5) is 35.5. The van der Waals surface area contributed by atoms with Gasteiger partial charge in [-0.25, -0.2) is 14.8 Å². The van der Waals surface area contributed by atoms with E-state index in [-0.39, 0.29) is 17.5 Å². The second-order valence-electron chi connectivity index (χ2n) is 10.3. The molecule has 3 aromatic rings. The molecule has 1 aromatic heterocycles. The van der Waals surface area contributed by atoms with Crippen LogP contribution < -0.4 is 15.0 Å². The minimum absolute atomic E-state index is 0.0627. The fourth-order valence-corrected chi connectivity index (χ4v) is 4.40. The lowest BCUT2D eigenvalue weighted by Gasteiger charge is -2.32. The molecule has 1 saturated heterocycles. The van der Waals surface area contributed by atoms with Gasteiger partial charge in [0.2, 0.25) is 5.95 Å². The van der Waals surface area contributed by atoms with Gasteiger partial charge in [0.25, 0.3) is 5.91 Å². The van der Waals surface area contributed by atoms with Crippen LogP contribution in [0.1, 0.15) is 64.2 Å². The van der Waals surface area contributed by atoms with Crippen molar-refractivity contribution in [3.63, 3.8) is 0 Å². The third-order valence-electron chi connectivity index (χ3n) is 6.67. The highest BCUT2D eigenvalue weighted by Gasteiger charge is 2.24. The summed E-state index contributed by atoms with van der Waals surface area (Å²) >= 11 is 0. The van der Waals surface area contributed by atoms with Crippen LogP contribution in [0.4, 0.5) is 5.95 Å². The Morgan fingerprint density at radius 1 is 1.05 bits per heavy atom. The van der Waals surface area contributed by atoms with E-state index in [0.717, 1.165) is 29.7 Å². The van der Waals surface area contributed by atoms with Crippen molar-refractivity contribution >= 4 is 17.8 Å². The van der Waals surface area contributed by atoms with Gasteiger partial charge in [0.15, 0.2) is 0 Å². The summed E-state index contributed by atoms with van der Waals surface area (Å²) in [5.41, 5.74) is 3.52. The van der Waals surface area contributed by atoms with Crippen LogP contribution in [0.25, 0.3) is 0 Å². The summed E-state index contributed by atoms with van der Waals surface area (Å²) in [6, 6.07) is 15.5. The molecule has 1 fully saturated rings. The second-order valence-corrected chi connectivity index (χ2v) is 10.3. The van der Waals surface area contributed by atoms with E-state index in [2.05, 4.69) is 34.0 Å². The predicted octanol–water partition coefficient (Wildman–Crippen LogP) is 4.70. The van der Waals surface area contributed by atoms with Crippen molar-refractivity contribution in [3.8, 4) is 5.75 Å². The lowest BCUT2D eigenvalue weighted by Crippen LogP contribution is -2.45. The number of carboxylic acid groups (broad SMARTS) is 1. The van der Waals surface area contributed by atoms with Crippen LogP contribution in [-0.2, 0) is 12.8 Å². The van der Waals surface area contributed by atoms with Crippen molar-refractivity contribution in [1.82, 2.24) is 15.3 Å². The molecule has 0 bridgehead atoms. The van der Waals surface area contributed by atoms with Crippen LogP contribution in [0.15, 0.2) is 54.7 Å². The number of carbonyl (C=O) groups excluding carboxylic acids is 1. The Hall–Kier alpha value is -3.94. The molecule has 2 aromatic carbocycles. The Morgan fingerprint density at radius 2 is 1.74 bits per heavy atom. The summed E-state index contributed by atoms with van der Waals surface area (Å²) in [5, 5.41) is 12.8. The smallest absolute Gasteiger partial charge is 0.339 e. The van der Waals surface area contributed by atoms with Crippen LogP contribution >= 0.6 is 0 Å². The maximum absolute atomic E-state index is 12.6. The number of aromatic nitrogens is 2. The number of carbonyl (C=O) groups is 2. The zero-order valence-electron chi connectivity index (χ0n) is 22.3. The Labute approximate surface area is 224 Å². The molecule has 4 rings (SSSR count). The van der Waals surface area contributed by atoms with Crippen molar-refractivity contribution in [1.29, 1.82) is 0 Å². The lowest BCUT2D eigenvalue weighted by atomic mass is 10.0. The number of hydrogen-bond acceptors (Lipinski definition) is 6. The molecule has 38 heavy (non-hydrogen) atoms. The van der Waals surface area contributed by atoms with Gasteiger partial charge in [-0.05, 0) is 68.4 Å². The molecule has 0 atom stereocenters. The minimum Gasteiger partial charge on any atom is -0.493 e. The number of aromatic carboxylic acids is 1. The van der Waals surface area contributed by atoms with Gasteiger partial charge in [-0.15, -0.1) is 0 Å². The number of hydrogen-bond donors (Lipinski definition) is 2. The van der Waals surface area contributed by atoms with Gasteiger partial charge < -0.3 is 20.1 Å². The quantitative estimate of drug-likeness (QED) is 0.402. The minimum atomic E-state index is -1.03. The Kier molecular flexibility index (Phi) is 8.94. The summed E-state index contributed by atoms with van der Waals surface area (Å²) in [6.45, 7) is 8.25. The molecule has 0 aliphatic carbocycles. The fourth-order valence-electron chi connectivity index (χ4n) is 4.40. The van der Waals surface area contributed by atoms with E-state index in [1.807, 2.05) is 55.5 Å². The molecule has 2 heterocycles. The molecule has 2 N–H and O–H groups in total. The number of aryl methyl sites for hydroxylation is 3. The molecular formula is C30H36N4O4. The monoisotopic (exact) mass is 516 g/mol. The summed E-state index contributed by atoms with van der Waals surface area (Å²) in [5.74, 6) is 0.732. The molecular weight excluding hydrogens is 480 g/mol. The molecule has 8 nitrogen and oxygen atoms in total. The third kappa shape index (κ3) is 7.31. The Bertz CT molecular complexity index is 1230. The molecule has 8 heteroatoms. The van der Waals surface area contributed by atoms with Gasteiger partial charge in [0, 0.05) is 30.9 Å². The van der Waals surface area contributed by atoms with E-state index in [9.17, 15) is 14.7 Å². The van der Waals surface area contributed by atoms with Gasteiger partial charge in [0.1, 0.15) is 5.75 Å². The zero-order valence-corrected chi connectivity index (χ0v) is 22.3. The van der Waals surface area contributed by atoms with E-state index in [1.54, 1.807) is 0 Å². The first-order valence-corrected chi connectivity index (χ1v) is 13.2. The third-order valence-corrected chi connectivity index (χ3v) is 6.67. The van der Waals surface area contributed by atoms with E-state index in [0.29, 0.717) is 55.7 Å². The molecule has 1 amide bonds. The Balaban J connectivity index is 1.35. The van der Waals surface area contributed by atoms with Crippen LogP contribution in [0, 0.1) is 12.8 Å². The van der Waals surface area contributed by atoms with Crippen molar-refractivity contribution in [3.05, 3.63) is 82.7 Å². The standard InChI is InChI=1S/C30H36N4O4/c1-20(2)19-38-25-11-6-22(7-12-25)8-13-27-26(29(36)37)18-31-30(33-27)34-16-14-24(15-17-34)32-28(35)23-9-4-21(3)5-10-23/h4-7,9-12,18,20,24H,8,13-17,19H2,1-3H3,(H,32,35)(H,36,37). The van der Waals surface area contributed by atoms with Crippen molar-refractivity contribution in [2.24, 2.45) is 5.92 Å². The van der Waals surface area contributed by atoms with Crippen LogP contribution in [0.5, 0.6) is 5.75 Å². The van der Waals surface area contributed by atoms with Crippen LogP contribution in [0.2, 0.25) is 0 Å². The number of rotatable bonds is 10. The van der Waals surface area contributed by atoms with Gasteiger partial charge in [0.05, 0.1) is 17.9 Å². The number of piperidine rings is 1. The zero-order chi connectivity index (χ0) is 27.1. The van der Waals surface area contributed by atoms with E-state index in [4.69, 9.17) is 4.74 Å². The van der Waals surface area contributed by atoms with Gasteiger partial charge in [-0.1, -0.05) is 43.7 Å². The fraction of sp³-hybridized carbons (Fsp3) is 0.400. The Morgan fingerprint density at radius 3 is 2.37 bits per heavy atom. The maximum atomic E-state index is 12.6. The maximum Gasteiger partial charge on any atom is 0.339 e. The average Bonchev–Trinajstić information content (AvgIpc) is 2.92. The summed E-state index contributed by atoms with van der Waals surface area (Å²) in [6.07, 6.45) is 4.10. The van der Waals surface area contributed by atoms with Crippen molar-refractivity contribution in [2.75, 3.05) is 24.6 Å². The molecule has 0 spiro atoms. The molecule has 0 radical (unpaired) electrons. The first-order valence-electron chi connectivity index (χ1n) is 13.2. The van der Waals surface area contributed by atoms with Crippen molar-refractivity contribution < 1.29 is 19.4 Å². The second kappa shape index (κ2) is 12.5. The highest BCUT2D eigenvalue weighted by Crippen LogP contribution is 2.20. The van der Waals surface area contributed by atoms with E-state index < -0.39 is 5.97 Å². The van der Waals surface area contributed by atoms with E-state index in [1.165, 1.54) is 6.20 Å². The number of carboxylic acids is 1. The molecule has 0 saturated carbocycles. The number of benzene rings is 2. The summed E-state index contributed by atoms with van der Waals surface area (Å²) < 4.78 is 5.75. The predicted molar refractivity (Wildman–Crippen MR) is 147 cm³/mol. The molecule has 0 unspecified atom stereocenters. The average molecular weight is 517 g/mol. The number of amides is 1. The number of ether oxygens (including phenoxy) is 1. The number of nitrogens with one attached hydrogen (secondary N) is 1. The lowest BCUT2D eigenvalue weighted by molar-refractivity contribution is 0.0694. The first kappa shape index (κ1) is 27.1. The van der Waals surface area contributed by atoms with Gasteiger partial charge in [-0.3, -0.25) is 4.79 Å². The van der Waals surface area contributed by atoms with Crippen molar-refractivity contribution in [2.45, 2.75) is 52.5 Å². The number of anilines is 1. The van der Waals surface area contributed by atoms with Crippen LogP contribution in [0.3, 0.4) is 0 Å². The highest BCUT2D eigenvalue weighted by atomic mass is 16.5. The SMILES string of the molecule is Cc1ccc(C(=O)NC2CCN(c3ncc(C(=O)O)c(CCc4ccc(OCC(C)C)cc4)n3)CC2)cc1. The normalized spacial score (nSPS) is 13.9. The number of nitrogens with zero attached hydrogens (tertiary/aromatic N) is 3. The van der Waals surface area contributed by atoms with Gasteiger partial charge >= 0.3 is 5.97 Å². The molecule has 200 valence electrons. The van der Waals surface area contributed by atoms with Gasteiger partial charge in [-0.2, -0.15) is 0 Å². The first-order chi connectivity index (χ1) is 18.3. The summed E-state index contributed by atoms with van der Waals surface area (Å²) in [7, 11) is 0. The van der Waals surface area contributed by atoms with E-state index >= 15 is 0 Å². The van der Waals surface area contributed by atoms with Crippen LogP contribution in [-0.4, -0.2) is 52.7 Å². The largest absolute Gasteiger partial charge is 0.493 e. The molecule has 1 aliphatic heterocycles. The molecule has 1 aliphatic rings.